The molecule has 0 radical (unpaired) electrons. The number of hydrogen-bond acceptors (Lipinski definition) is 4. The SMILES string of the molecule is CCOC(=O)C1CCCc2sc(C3CC4CCC3C4)nc21. The van der Waals surface area contributed by atoms with Crippen LogP contribution in [0.1, 0.15) is 72.9 Å². The molecule has 21 heavy (non-hydrogen) atoms. The summed E-state index contributed by atoms with van der Waals surface area (Å²) < 4.78 is 5.25. The molecule has 3 aliphatic rings. The molecule has 0 aliphatic heterocycles. The van der Waals surface area contributed by atoms with Crippen molar-refractivity contribution in [3.8, 4) is 0 Å². The summed E-state index contributed by atoms with van der Waals surface area (Å²) in [7, 11) is 0. The highest BCUT2D eigenvalue weighted by Gasteiger charge is 2.42. The van der Waals surface area contributed by atoms with Crippen molar-refractivity contribution in [3.63, 3.8) is 0 Å². The standard InChI is InChI=1S/C17H23NO2S/c1-2-20-17(19)12-4-3-5-14-15(12)18-16(21-14)13-9-10-6-7-11(13)8-10/h10-13H,2-9H2,1H3. The van der Waals surface area contributed by atoms with Crippen molar-refractivity contribution in [2.45, 2.75) is 63.7 Å². The van der Waals surface area contributed by atoms with Crippen LogP contribution in [0.5, 0.6) is 0 Å². The Morgan fingerprint density at radius 1 is 1.33 bits per heavy atom. The molecule has 4 unspecified atom stereocenters. The lowest BCUT2D eigenvalue weighted by atomic mass is 9.89. The zero-order chi connectivity index (χ0) is 14.4. The topological polar surface area (TPSA) is 39.2 Å². The van der Waals surface area contributed by atoms with Crippen LogP contribution in [0.4, 0.5) is 0 Å². The highest BCUT2D eigenvalue weighted by Crippen LogP contribution is 2.54. The first-order valence-electron chi connectivity index (χ1n) is 8.42. The Morgan fingerprint density at radius 2 is 2.24 bits per heavy atom. The predicted molar refractivity (Wildman–Crippen MR) is 82.6 cm³/mol. The number of carbonyl (C=O) groups excluding carboxylic acids is 1. The lowest BCUT2D eigenvalue weighted by Gasteiger charge is -2.19. The zero-order valence-corrected chi connectivity index (χ0v) is 13.5. The average Bonchev–Trinajstić information content (AvgIpc) is 3.20. The lowest BCUT2D eigenvalue weighted by Crippen LogP contribution is -2.20. The van der Waals surface area contributed by atoms with Crippen LogP contribution in [0.3, 0.4) is 0 Å². The molecular weight excluding hydrogens is 282 g/mol. The predicted octanol–water partition coefficient (Wildman–Crippen LogP) is 4.03. The van der Waals surface area contributed by atoms with E-state index >= 15 is 0 Å². The second-order valence-corrected chi connectivity index (χ2v) is 7.95. The molecule has 1 heterocycles. The first kappa shape index (κ1) is 13.7. The zero-order valence-electron chi connectivity index (χ0n) is 12.6. The molecule has 4 atom stereocenters. The molecular formula is C17H23NO2S. The summed E-state index contributed by atoms with van der Waals surface area (Å²) >= 11 is 1.89. The van der Waals surface area contributed by atoms with Crippen LogP contribution in [0.25, 0.3) is 0 Å². The first-order chi connectivity index (χ1) is 10.3. The van der Waals surface area contributed by atoms with Crippen LogP contribution in [-0.2, 0) is 16.0 Å². The molecule has 4 rings (SSSR count). The van der Waals surface area contributed by atoms with E-state index in [9.17, 15) is 4.79 Å². The highest BCUT2D eigenvalue weighted by molar-refractivity contribution is 7.11. The van der Waals surface area contributed by atoms with Gasteiger partial charge in [0.25, 0.3) is 0 Å². The van der Waals surface area contributed by atoms with E-state index < -0.39 is 0 Å². The molecule has 0 N–H and O–H groups in total. The Morgan fingerprint density at radius 3 is 2.95 bits per heavy atom. The van der Waals surface area contributed by atoms with E-state index in [1.54, 1.807) is 0 Å². The fourth-order valence-corrected chi connectivity index (χ4v) is 5.99. The van der Waals surface area contributed by atoms with Crippen LogP contribution >= 0.6 is 11.3 Å². The minimum Gasteiger partial charge on any atom is -0.465 e. The van der Waals surface area contributed by atoms with Gasteiger partial charge in [0.15, 0.2) is 0 Å². The Kier molecular flexibility index (Phi) is 3.52. The molecule has 3 nitrogen and oxygen atoms in total. The summed E-state index contributed by atoms with van der Waals surface area (Å²) in [6.45, 7) is 2.34. The summed E-state index contributed by atoms with van der Waals surface area (Å²) in [4.78, 5) is 18.5. The molecule has 0 aromatic carbocycles. The lowest BCUT2D eigenvalue weighted by molar-refractivity contribution is -0.145. The minimum absolute atomic E-state index is 0.0664. The second kappa shape index (κ2) is 5.38. The Balaban J connectivity index is 1.60. The minimum atomic E-state index is -0.0997. The molecule has 1 aromatic heterocycles. The van der Waals surface area contributed by atoms with E-state index in [1.165, 1.54) is 35.6 Å². The summed E-state index contributed by atoms with van der Waals surface area (Å²) in [5, 5.41) is 1.32. The molecule has 0 saturated heterocycles. The summed E-state index contributed by atoms with van der Waals surface area (Å²) in [5.74, 6) is 2.33. The molecule has 2 bridgehead atoms. The molecule has 2 fully saturated rings. The Labute approximate surface area is 130 Å². The van der Waals surface area contributed by atoms with Gasteiger partial charge in [-0.15, -0.1) is 11.3 Å². The summed E-state index contributed by atoms with van der Waals surface area (Å²) in [6, 6.07) is 0. The van der Waals surface area contributed by atoms with Crippen LogP contribution in [-0.4, -0.2) is 17.6 Å². The van der Waals surface area contributed by atoms with Crippen molar-refractivity contribution >= 4 is 17.3 Å². The van der Waals surface area contributed by atoms with Crippen molar-refractivity contribution in [1.82, 2.24) is 4.98 Å². The first-order valence-corrected chi connectivity index (χ1v) is 9.24. The number of esters is 1. The fourth-order valence-electron chi connectivity index (χ4n) is 4.62. The maximum atomic E-state index is 12.2. The van der Waals surface area contributed by atoms with Gasteiger partial charge in [-0.05, 0) is 57.3 Å². The van der Waals surface area contributed by atoms with Gasteiger partial charge in [-0.2, -0.15) is 0 Å². The van der Waals surface area contributed by atoms with Crippen molar-refractivity contribution in [2.75, 3.05) is 6.61 Å². The Bertz CT molecular complexity index is 553. The highest BCUT2D eigenvalue weighted by atomic mass is 32.1. The number of ether oxygens (including phenoxy) is 1. The van der Waals surface area contributed by atoms with E-state index in [0.717, 1.165) is 36.8 Å². The smallest absolute Gasteiger partial charge is 0.315 e. The normalized spacial score (nSPS) is 34.0. The van der Waals surface area contributed by atoms with E-state index in [4.69, 9.17) is 9.72 Å². The van der Waals surface area contributed by atoms with Gasteiger partial charge in [-0.25, -0.2) is 4.98 Å². The number of hydrogen-bond donors (Lipinski definition) is 0. The van der Waals surface area contributed by atoms with E-state index in [1.807, 2.05) is 18.3 Å². The van der Waals surface area contributed by atoms with Gasteiger partial charge >= 0.3 is 5.97 Å². The van der Waals surface area contributed by atoms with Crippen molar-refractivity contribution in [1.29, 1.82) is 0 Å². The molecule has 2 saturated carbocycles. The number of aromatic nitrogens is 1. The van der Waals surface area contributed by atoms with Crippen LogP contribution in [0.15, 0.2) is 0 Å². The number of carbonyl (C=O) groups is 1. The largest absolute Gasteiger partial charge is 0.465 e. The van der Waals surface area contributed by atoms with Crippen LogP contribution in [0, 0.1) is 11.8 Å². The molecule has 0 amide bonds. The van der Waals surface area contributed by atoms with Gasteiger partial charge in [0.1, 0.15) is 5.92 Å². The van der Waals surface area contributed by atoms with Gasteiger partial charge in [0, 0.05) is 10.8 Å². The molecule has 3 aliphatic carbocycles. The summed E-state index contributed by atoms with van der Waals surface area (Å²) in [6.07, 6.45) is 8.67. The van der Waals surface area contributed by atoms with Crippen LogP contribution < -0.4 is 0 Å². The molecule has 114 valence electrons. The number of fused-ring (bicyclic) bond motifs is 3. The van der Waals surface area contributed by atoms with Crippen molar-refractivity contribution in [2.24, 2.45) is 11.8 Å². The third kappa shape index (κ3) is 2.32. The number of aryl methyl sites for hydroxylation is 1. The van der Waals surface area contributed by atoms with Crippen molar-refractivity contribution < 1.29 is 9.53 Å². The maximum Gasteiger partial charge on any atom is 0.315 e. The van der Waals surface area contributed by atoms with Gasteiger partial charge in [-0.3, -0.25) is 4.79 Å². The number of nitrogens with zero attached hydrogens (tertiary/aromatic N) is 1. The van der Waals surface area contributed by atoms with Crippen molar-refractivity contribution in [3.05, 3.63) is 15.6 Å². The Hall–Kier alpha value is -0.900. The van der Waals surface area contributed by atoms with E-state index in [0.29, 0.717) is 12.5 Å². The van der Waals surface area contributed by atoms with Crippen LogP contribution in [0.2, 0.25) is 0 Å². The molecule has 1 aromatic rings. The molecule has 4 heteroatoms. The third-order valence-electron chi connectivity index (χ3n) is 5.60. The number of rotatable bonds is 3. The van der Waals surface area contributed by atoms with Gasteiger partial charge in [0.05, 0.1) is 17.3 Å². The maximum absolute atomic E-state index is 12.2. The number of thiazole rings is 1. The van der Waals surface area contributed by atoms with E-state index in [-0.39, 0.29) is 11.9 Å². The van der Waals surface area contributed by atoms with E-state index in [2.05, 4.69) is 0 Å². The molecule has 0 spiro atoms. The monoisotopic (exact) mass is 305 g/mol. The summed E-state index contributed by atoms with van der Waals surface area (Å²) in [5.41, 5.74) is 1.06. The quantitative estimate of drug-likeness (QED) is 0.791. The van der Waals surface area contributed by atoms with Gasteiger partial charge in [-0.1, -0.05) is 6.42 Å². The third-order valence-corrected chi connectivity index (χ3v) is 6.86. The van der Waals surface area contributed by atoms with Gasteiger partial charge < -0.3 is 4.74 Å². The average molecular weight is 305 g/mol. The second-order valence-electron chi connectivity index (χ2n) is 6.84. The van der Waals surface area contributed by atoms with Gasteiger partial charge in [0.2, 0.25) is 0 Å². The fraction of sp³-hybridized carbons (Fsp3) is 0.765.